The van der Waals surface area contributed by atoms with Crippen LogP contribution in [0, 0.1) is 0 Å². The highest BCUT2D eigenvalue weighted by Crippen LogP contribution is 2.35. The molecule has 0 fully saturated rings. The molecule has 0 aromatic heterocycles. The van der Waals surface area contributed by atoms with E-state index in [0.717, 1.165) is 0 Å². The van der Waals surface area contributed by atoms with Gasteiger partial charge >= 0.3 is 5.97 Å². The molecule has 0 amide bonds. The lowest BCUT2D eigenvalue weighted by atomic mass is 10.0. The zero-order valence-corrected chi connectivity index (χ0v) is 8.37. The van der Waals surface area contributed by atoms with Crippen molar-refractivity contribution in [3.63, 3.8) is 0 Å². The van der Waals surface area contributed by atoms with Crippen LogP contribution in [0.15, 0.2) is 18.2 Å². The van der Waals surface area contributed by atoms with Crippen LogP contribution in [-0.2, 0) is 17.1 Å². The average molecular weight is 228 g/mol. The lowest BCUT2D eigenvalue weighted by Crippen LogP contribution is -2.18. The van der Waals surface area contributed by atoms with Crippen LogP contribution in [0.4, 0.5) is 8.78 Å². The summed E-state index contributed by atoms with van der Waals surface area (Å²) in [6.07, 6.45) is -0.598. The Morgan fingerprint density at radius 1 is 1.50 bits per heavy atom. The number of hydrogen-bond acceptors (Lipinski definition) is 2. The number of halogens is 2. The van der Waals surface area contributed by atoms with Crippen LogP contribution < -0.4 is 4.74 Å². The van der Waals surface area contributed by atoms with Gasteiger partial charge in [-0.2, -0.15) is 0 Å². The van der Waals surface area contributed by atoms with Gasteiger partial charge in [0, 0.05) is 12.0 Å². The Kier molecular flexibility index (Phi) is 2.53. The smallest absolute Gasteiger partial charge is 0.309 e. The molecule has 1 N–H and O–H groups in total. The Labute approximate surface area is 90.7 Å². The summed E-state index contributed by atoms with van der Waals surface area (Å²) in [5, 5.41) is 8.40. The summed E-state index contributed by atoms with van der Waals surface area (Å²) in [6, 6.07) is 4.01. The van der Waals surface area contributed by atoms with E-state index in [2.05, 4.69) is 0 Å². The second kappa shape index (κ2) is 3.73. The lowest BCUT2D eigenvalue weighted by Gasteiger charge is -2.15. The Morgan fingerprint density at radius 2 is 2.25 bits per heavy atom. The van der Waals surface area contributed by atoms with Crippen molar-refractivity contribution in [1.82, 2.24) is 0 Å². The molecule has 86 valence electrons. The Morgan fingerprint density at radius 3 is 2.94 bits per heavy atom. The van der Waals surface area contributed by atoms with E-state index in [1.165, 1.54) is 18.2 Å². The van der Waals surface area contributed by atoms with E-state index in [1.54, 1.807) is 0 Å². The fourth-order valence-electron chi connectivity index (χ4n) is 1.71. The molecule has 1 aliphatic heterocycles. The highest BCUT2D eigenvalue weighted by atomic mass is 19.3. The quantitative estimate of drug-likeness (QED) is 0.862. The van der Waals surface area contributed by atoms with E-state index in [4.69, 9.17) is 9.84 Å². The van der Waals surface area contributed by atoms with E-state index >= 15 is 0 Å². The third kappa shape index (κ3) is 1.98. The molecular weight excluding hydrogens is 218 g/mol. The highest BCUT2D eigenvalue weighted by Gasteiger charge is 2.35. The molecule has 16 heavy (non-hydrogen) atoms. The first-order valence-corrected chi connectivity index (χ1v) is 4.85. The molecule has 0 saturated carbocycles. The fraction of sp³-hybridized carbons (Fsp3) is 0.364. The van der Waals surface area contributed by atoms with Crippen molar-refractivity contribution in [1.29, 1.82) is 0 Å². The van der Waals surface area contributed by atoms with Gasteiger partial charge in [0.2, 0.25) is 0 Å². The SMILES string of the molecule is O=C(O)CC(F)(F)c1ccc2c(c1)CCO2. The van der Waals surface area contributed by atoms with Crippen LogP contribution in [0.25, 0.3) is 0 Å². The van der Waals surface area contributed by atoms with Crippen molar-refractivity contribution in [3.8, 4) is 5.75 Å². The monoisotopic (exact) mass is 228 g/mol. The molecule has 0 radical (unpaired) electrons. The highest BCUT2D eigenvalue weighted by molar-refractivity contribution is 5.68. The van der Waals surface area contributed by atoms with Crippen LogP contribution in [0.2, 0.25) is 0 Å². The maximum atomic E-state index is 13.5. The van der Waals surface area contributed by atoms with Gasteiger partial charge in [-0.05, 0) is 23.8 Å². The van der Waals surface area contributed by atoms with Crippen LogP contribution in [0.1, 0.15) is 17.5 Å². The molecule has 2 rings (SSSR count). The number of ether oxygens (including phenoxy) is 1. The third-order valence-electron chi connectivity index (χ3n) is 2.49. The first-order valence-electron chi connectivity index (χ1n) is 4.85. The van der Waals surface area contributed by atoms with E-state index in [-0.39, 0.29) is 5.56 Å². The zero-order chi connectivity index (χ0) is 11.8. The van der Waals surface area contributed by atoms with Gasteiger partial charge in [0.25, 0.3) is 5.92 Å². The van der Waals surface area contributed by atoms with Gasteiger partial charge < -0.3 is 9.84 Å². The number of carboxylic acid groups (broad SMARTS) is 1. The molecule has 1 aromatic rings. The number of aliphatic carboxylic acids is 1. The van der Waals surface area contributed by atoms with Crippen molar-refractivity contribution in [2.24, 2.45) is 0 Å². The molecule has 0 saturated heterocycles. The second-order valence-corrected chi connectivity index (χ2v) is 3.70. The molecule has 1 aromatic carbocycles. The third-order valence-corrected chi connectivity index (χ3v) is 2.49. The van der Waals surface area contributed by atoms with Crippen molar-refractivity contribution in [3.05, 3.63) is 29.3 Å². The number of hydrogen-bond donors (Lipinski definition) is 1. The molecule has 0 atom stereocenters. The molecule has 0 spiro atoms. The van der Waals surface area contributed by atoms with E-state index in [9.17, 15) is 13.6 Å². The first kappa shape index (κ1) is 10.9. The summed E-state index contributed by atoms with van der Waals surface area (Å²) in [5.41, 5.74) is 0.446. The van der Waals surface area contributed by atoms with Crippen molar-refractivity contribution >= 4 is 5.97 Å². The summed E-state index contributed by atoms with van der Waals surface area (Å²) in [6.45, 7) is 0.489. The number of rotatable bonds is 3. The van der Waals surface area contributed by atoms with E-state index in [0.29, 0.717) is 24.3 Å². The minimum absolute atomic E-state index is 0.265. The number of carbonyl (C=O) groups is 1. The van der Waals surface area contributed by atoms with Gasteiger partial charge in [-0.25, -0.2) is 8.78 Å². The number of carboxylic acids is 1. The molecular formula is C11H10F2O3. The topological polar surface area (TPSA) is 46.5 Å². The Bertz CT molecular complexity index is 429. The maximum absolute atomic E-state index is 13.5. The summed E-state index contributed by atoms with van der Waals surface area (Å²) in [5.74, 6) is -4.24. The van der Waals surface area contributed by atoms with Crippen LogP contribution >= 0.6 is 0 Å². The molecule has 0 unspecified atom stereocenters. The Balaban J connectivity index is 2.30. The average Bonchev–Trinajstić information content (AvgIpc) is 2.61. The molecule has 0 aliphatic carbocycles. The first-order chi connectivity index (χ1) is 7.49. The second-order valence-electron chi connectivity index (χ2n) is 3.70. The standard InChI is InChI=1S/C11H10F2O3/c12-11(13,6-10(14)15)8-1-2-9-7(5-8)3-4-16-9/h1-2,5H,3-4,6H2,(H,14,15). The normalized spacial score (nSPS) is 14.4. The summed E-state index contributed by atoms with van der Waals surface area (Å²) in [7, 11) is 0. The van der Waals surface area contributed by atoms with E-state index in [1.807, 2.05) is 0 Å². The lowest BCUT2D eigenvalue weighted by molar-refractivity contribution is -0.145. The van der Waals surface area contributed by atoms with E-state index < -0.39 is 18.3 Å². The fourth-order valence-corrected chi connectivity index (χ4v) is 1.71. The van der Waals surface area contributed by atoms with Crippen LogP contribution in [0.3, 0.4) is 0 Å². The molecule has 5 heteroatoms. The van der Waals surface area contributed by atoms with Crippen molar-refractivity contribution in [2.45, 2.75) is 18.8 Å². The largest absolute Gasteiger partial charge is 0.493 e. The van der Waals surface area contributed by atoms with Crippen molar-refractivity contribution in [2.75, 3.05) is 6.61 Å². The van der Waals surface area contributed by atoms with Gasteiger partial charge in [-0.1, -0.05) is 0 Å². The minimum Gasteiger partial charge on any atom is -0.493 e. The van der Waals surface area contributed by atoms with Gasteiger partial charge in [0.05, 0.1) is 6.61 Å². The molecule has 1 heterocycles. The summed E-state index contributed by atoms with van der Waals surface area (Å²) >= 11 is 0. The van der Waals surface area contributed by atoms with Gasteiger partial charge in [0.1, 0.15) is 12.2 Å². The predicted octanol–water partition coefficient (Wildman–Crippen LogP) is 2.19. The number of alkyl halides is 2. The molecule has 1 aliphatic rings. The van der Waals surface area contributed by atoms with Crippen LogP contribution in [-0.4, -0.2) is 17.7 Å². The maximum Gasteiger partial charge on any atom is 0.309 e. The minimum atomic E-state index is -3.33. The van der Waals surface area contributed by atoms with Crippen LogP contribution in [0.5, 0.6) is 5.75 Å². The van der Waals surface area contributed by atoms with Gasteiger partial charge in [-0.3, -0.25) is 4.79 Å². The zero-order valence-electron chi connectivity index (χ0n) is 8.37. The van der Waals surface area contributed by atoms with Gasteiger partial charge in [-0.15, -0.1) is 0 Å². The molecule has 0 bridgehead atoms. The Hall–Kier alpha value is -1.65. The molecule has 3 nitrogen and oxygen atoms in total. The summed E-state index contributed by atoms with van der Waals surface area (Å²) < 4.78 is 32.1. The number of fused-ring (bicyclic) bond motifs is 1. The van der Waals surface area contributed by atoms with Crippen molar-refractivity contribution < 1.29 is 23.4 Å². The predicted molar refractivity (Wildman–Crippen MR) is 51.8 cm³/mol. The summed E-state index contributed by atoms with van der Waals surface area (Å²) in [4.78, 5) is 10.3. The number of benzene rings is 1. The van der Waals surface area contributed by atoms with Gasteiger partial charge in [0.15, 0.2) is 0 Å².